The Labute approximate surface area is 125 Å². The van der Waals surface area contributed by atoms with Gasteiger partial charge in [-0.2, -0.15) is 0 Å². The third kappa shape index (κ3) is 3.39. The number of aromatic nitrogens is 1. The van der Waals surface area contributed by atoms with E-state index in [1.165, 1.54) is 6.07 Å². The predicted molar refractivity (Wildman–Crippen MR) is 84.9 cm³/mol. The van der Waals surface area contributed by atoms with E-state index in [2.05, 4.69) is 17.2 Å². The van der Waals surface area contributed by atoms with Gasteiger partial charge in [-0.05, 0) is 39.1 Å². The maximum Gasteiger partial charge on any atom is 0.128 e. The molecule has 0 fully saturated rings. The Bertz CT molecular complexity index is 583. The smallest absolute Gasteiger partial charge is 0.128 e. The maximum atomic E-state index is 13.9. The lowest BCUT2D eigenvalue weighted by atomic mass is 10.1. The van der Waals surface area contributed by atoms with E-state index >= 15 is 0 Å². The van der Waals surface area contributed by atoms with Gasteiger partial charge in [0.1, 0.15) is 5.82 Å². The van der Waals surface area contributed by atoms with Gasteiger partial charge in [-0.1, -0.05) is 18.2 Å². The standard InChI is InChI=1S/C17H22FN3/c1-12(19-3)17-10-9-14(11-20-17)21(4)13(2)15-7-5-6-8-16(15)18/h5-13,19H,1-4H3. The third-order valence-electron chi connectivity index (χ3n) is 3.99. The molecule has 0 saturated heterocycles. The van der Waals surface area contributed by atoms with E-state index in [0.717, 1.165) is 11.4 Å². The van der Waals surface area contributed by atoms with Crippen molar-refractivity contribution in [1.82, 2.24) is 10.3 Å². The fourth-order valence-electron chi connectivity index (χ4n) is 2.26. The highest BCUT2D eigenvalue weighted by Crippen LogP contribution is 2.26. The summed E-state index contributed by atoms with van der Waals surface area (Å²) in [4.78, 5) is 6.50. The molecule has 4 heteroatoms. The van der Waals surface area contributed by atoms with Crippen LogP contribution in [0.4, 0.5) is 10.1 Å². The summed E-state index contributed by atoms with van der Waals surface area (Å²) in [6.07, 6.45) is 1.83. The van der Waals surface area contributed by atoms with Crippen molar-refractivity contribution < 1.29 is 4.39 Å². The first-order valence-corrected chi connectivity index (χ1v) is 7.15. The van der Waals surface area contributed by atoms with Crippen molar-refractivity contribution in [3.63, 3.8) is 0 Å². The highest BCUT2D eigenvalue weighted by atomic mass is 19.1. The number of nitrogens with zero attached hydrogens (tertiary/aromatic N) is 2. The minimum absolute atomic E-state index is 0.0550. The Balaban J connectivity index is 2.20. The fraction of sp³-hybridized carbons (Fsp3) is 0.353. The Morgan fingerprint density at radius 2 is 1.86 bits per heavy atom. The van der Waals surface area contributed by atoms with Crippen LogP contribution in [0.1, 0.15) is 37.2 Å². The number of rotatable bonds is 5. The van der Waals surface area contributed by atoms with Crippen LogP contribution in [0.2, 0.25) is 0 Å². The van der Waals surface area contributed by atoms with Crippen molar-refractivity contribution in [2.45, 2.75) is 25.9 Å². The molecule has 1 N–H and O–H groups in total. The van der Waals surface area contributed by atoms with E-state index in [4.69, 9.17) is 0 Å². The van der Waals surface area contributed by atoms with Crippen LogP contribution >= 0.6 is 0 Å². The number of halogens is 1. The van der Waals surface area contributed by atoms with Gasteiger partial charge in [0.25, 0.3) is 0 Å². The van der Waals surface area contributed by atoms with Gasteiger partial charge < -0.3 is 10.2 Å². The lowest BCUT2D eigenvalue weighted by Gasteiger charge is -2.27. The third-order valence-corrected chi connectivity index (χ3v) is 3.99. The van der Waals surface area contributed by atoms with Crippen LogP contribution < -0.4 is 10.2 Å². The molecule has 112 valence electrons. The molecule has 0 aliphatic rings. The molecular weight excluding hydrogens is 265 g/mol. The molecule has 21 heavy (non-hydrogen) atoms. The summed E-state index contributed by atoms with van der Waals surface area (Å²) >= 11 is 0. The molecule has 0 bridgehead atoms. The topological polar surface area (TPSA) is 28.2 Å². The second-order valence-electron chi connectivity index (χ2n) is 5.26. The van der Waals surface area contributed by atoms with Crippen molar-refractivity contribution in [1.29, 1.82) is 0 Å². The molecule has 2 aromatic rings. The monoisotopic (exact) mass is 287 g/mol. The summed E-state index contributed by atoms with van der Waals surface area (Å²) in [5, 5.41) is 3.16. The van der Waals surface area contributed by atoms with Crippen molar-refractivity contribution in [2.75, 3.05) is 19.0 Å². The van der Waals surface area contributed by atoms with Crippen LogP contribution in [0.3, 0.4) is 0 Å². The van der Waals surface area contributed by atoms with Gasteiger partial charge in [0.05, 0.1) is 23.6 Å². The molecule has 2 rings (SSSR count). The molecule has 1 aromatic carbocycles. The number of nitrogens with one attached hydrogen (secondary N) is 1. The number of hydrogen-bond donors (Lipinski definition) is 1. The normalized spacial score (nSPS) is 13.8. The molecule has 0 spiro atoms. The Hall–Kier alpha value is -1.94. The predicted octanol–water partition coefficient (Wildman–Crippen LogP) is 3.70. The van der Waals surface area contributed by atoms with Gasteiger partial charge >= 0.3 is 0 Å². The maximum absolute atomic E-state index is 13.9. The summed E-state index contributed by atoms with van der Waals surface area (Å²) in [6.45, 7) is 4.05. The van der Waals surface area contributed by atoms with Crippen LogP contribution in [0.5, 0.6) is 0 Å². The Kier molecular flexibility index (Phi) is 4.91. The quantitative estimate of drug-likeness (QED) is 0.909. The summed E-state index contributed by atoms with van der Waals surface area (Å²) < 4.78 is 13.9. The molecule has 2 unspecified atom stereocenters. The highest BCUT2D eigenvalue weighted by molar-refractivity contribution is 5.46. The first-order valence-electron chi connectivity index (χ1n) is 7.15. The Morgan fingerprint density at radius 3 is 2.43 bits per heavy atom. The van der Waals surface area contributed by atoms with E-state index in [1.807, 2.05) is 56.4 Å². The molecule has 0 amide bonds. The molecule has 1 aromatic heterocycles. The van der Waals surface area contributed by atoms with Crippen molar-refractivity contribution >= 4 is 5.69 Å². The van der Waals surface area contributed by atoms with Gasteiger partial charge in [0.15, 0.2) is 0 Å². The number of anilines is 1. The van der Waals surface area contributed by atoms with E-state index < -0.39 is 0 Å². The molecular formula is C17H22FN3. The summed E-state index contributed by atoms with van der Waals surface area (Å²) in [5.41, 5.74) is 2.65. The highest BCUT2D eigenvalue weighted by Gasteiger charge is 2.16. The van der Waals surface area contributed by atoms with E-state index in [0.29, 0.717) is 5.56 Å². The second-order valence-corrected chi connectivity index (χ2v) is 5.26. The van der Waals surface area contributed by atoms with Crippen LogP contribution in [-0.4, -0.2) is 19.1 Å². The molecule has 0 radical (unpaired) electrons. The molecule has 2 atom stereocenters. The summed E-state index contributed by atoms with van der Waals surface area (Å²) in [5.74, 6) is -0.176. The molecule has 1 heterocycles. The van der Waals surface area contributed by atoms with Crippen LogP contribution in [0, 0.1) is 5.82 Å². The van der Waals surface area contributed by atoms with E-state index in [1.54, 1.807) is 6.07 Å². The van der Waals surface area contributed by atoms with Crippen molar-refractivity contribution in [3.05, 3.63) is 59.7 Å². The van der Waals surface area contributed by atoms with Crippen LogP contribution in [0.15, 0.2) is 42.6 Å². The summed E-state index contributed by atoms with van der Waals surface area (Å²) in [6, 6.07) is 11.1. The zero-order valence-electron chi connectivity index (χ0n) is 13.0. The Morgan fingerprint density at radius 1 is 1.14 bits per heavy atom. The molecule has 3 nitrogen and oxygen atoms in total. The first kappa shape index (κ1) is 15.4. The zero-order valence-corrected chi connectivity index (χ0v) is 13.0. The van der Waals surface area contributed by atoms with Gasteiger partial charge in [-0.25, -0.2) is 4.39 Å². The van der Waals surface area contributed by atoms with Crippen molar-refractivity contribution in [2.24, 2.45) is 0 Å². The average molecular weight is 287 g/mol. The van der Waals surface area contributed by atoms with E-state index in [-0.39, 0.29) is 17.9 Å². The largest absolute Gasteiger partial charge is 0.366 e. The molecule has 0 aliphatic carbocycles. The van der Waals surface area contributed by atoms with Gasteiger partial charge in [-0.3, -0.25) is 4.98 Å². The number of benzene rings is 1. The first-order chi connectivity index (χ1) is 10.0. The average Bonchev–Trinajstić information content (AvgIpc) is 2.53. The molecule has 0 aliphatic heterocycles. The van der Waals surface area contributed by atoms with Crippen LogP contribution in [-0.2, 0) is 0 Å². The molecule has 0 saturated carbocycles. The number of hydrogen-bond acceptors (Lipinski definition) is 3. The minimum Gasteiger partial charge on any atom is -0.366 e. The van der Waals surface area contributed by atoms with Crippen molar-refractivity contribution in [3.8, 4) is 0 Å². The minimum atomic E-state index is -0.176. The zero-order chi connectivity index (χ0) is 15.4. The lowest BCUT2D eigenvalue weighted by Crippen LogP contribution is -2.23. The summed E-state index contributed by atoms with van der Waals surface area (Å²) in [7, 11) is 3.86. The fourth-order valence-corrected chi connectivity index (χ4v) is 2.26. The lowest BCUT2D eigenvalue weighted by molar-refractivity contribution is 0.585. The van der Waals surface area contributed by atoms with Gasteiger partial charge in [0.2, 0.25) is 0 Å². The number of pyridine rings is 1. The van der Waals surface area contributed by atoms with E-state index in [9.17, 15) is 4.39 Å². The second kappa shape index (κ2) is 6.68. The van der Waals surface area contributed by atoms with Gasteiger partial charge in [0, 0.05) is 18.7 Å². The SMILES string of the molecule is CNC(C)c1ccc(N(C)C(C)c2ccccc2F)cn1. The van der Waals surface area contributed by atoms with Gasteiger partial charge in [-0.15, -0.1) is 0 Å². The van der Waals surface area contributed by atoms with Crippen LogP contribution in [0.25, 0.3) is 0 Å².